The van der Waals surface area contributed by atoms with Crippen molar-refractivity contribution in [3.8, 4) is 5.75 Å². The van der Waals surface area contributed by atoms with E-state index in [1.54, 1.807) is 24.3 Å². The quantitative estimate of drug-likeness (QED) is 0.621. The highest BCUT2D eigenvalue weighted by Crippen LogP contribution is 2.14. The summed E-state index contributed by atoms with van der Waals surface area (Å²) in [4.78, 5) is 10.8. The number of carboxylic acid groups (broad SMARTS) is 1. The van der Waals surface area contributed by atoms with Gasteiger partial charge in [-0.1, -0.05) is 12.1 Å². The molecule has 0 heterocycles. The molecule has 0 saturated heterocycles. The maximum atomic E-state index is 10.8. The lowest BCUT2D eigenvalue weighted by Gasteiger charge is -2.18. The molecule has 5 heteroatoms. The number of carboxylic acids is 1. The van der Waals surface area contributed by atoms with E-state index in [1.165, 1.54) is 6.92 Å². The zero-order chi connectivity index (χ0) is 14.3. The van der Waals surface area contributed by atoms with E-state index in [9.17, 15) is 4.79 Å². The van der Waals surface area contributed by atoms with E-state index < -0.39 is 11.5 Å². The normalized spacial score (nSPS) is 13.8. The van der Waals surface area contributed by atoms with Crippen molar-refractivity contribution in [3.05, 3.63) is 29.8 Å². The number of unbranched alkanes of at least 4 members (excludes halogenated alkanes) is 1. The van der Waals surface area contributed by atoms with Gasteiger partial charge in [0.25, 0.3) is 0 Å². The van der Waals surface area contributed by atoms with Gasteiger partial charge in [0, 0.05) is 0 Å². The van der Waals surface area contributed by atoms with Crippen LogP contribution >= 0.6 is 0 Å². The maximum Gasteiger partial charge on any atom is 0.323 e. The molecule has 1 aromatic rings. The van der Waals surface area contributed by atoms with Crippen molar-refractivity contribution in [2.24, 2.45) is 5.73 Å². The van der Waals surface area contributed by atoms with Gasteiger partial charge in [-0.25, -0.2) is 0 Å². The number of rotatable bonds is 8. The van der Waals surface area contributed by atoms with E-state index in [2.05, 4.69) is 0 Å². The molecule has 0 aliphatic rings. The Labute approximate surface area is 113 Å². The smallest absolute Gasteiger partial charge is 0.323 e. The summed E-state index contributed by atoms with van der Waals surface area (Å²) >= 11 is 0. The molecule has 0 spiro atoms. The zero-order valence-corrected chi connectivity index (χ0v) is 11.1. The van der Waals surface area contributed by atoms with Crippen LogP contribution < -0.4 is 10.5 Å². The monoisotopic (exact) mass is 267 g/mol. The average molecular weight is 267 g/mol. The largest absolute Gasteiger partial charge is 0.494 e. The number of nitrogens with two attached hydrogens (primary N) is 1. The van der Waals surface area contributed by atoms with Gasteiger partial charge in [-0.3, -0.25) is 4.79 Å². The molecule has 1 unspecified atom stereocenters. The minimum atomic E-state index is -1.16. The van der Waals surface area contributed by atoms with Crippen LogP contribution in [0.2, 0.25) is 0 Å². The second-order valence-corrected chi connectivity index (χ2v) is 4.83. The lowest BCUT2D eigenvalue weighted by molar-refractivity contribution is -0.142. The molecule has 106 valence electrons. The Morgan fingerprint density at radius 3 is 2.47 bits per heavy atom. The highest BCUT2D eigenvalue weighted by atomic mass is 16.5. The Balaban J connectivity index is 2.22. The molecule has 5 nitrogen and oxygen atoms in total. The van der Waals surface area contributed by atoms with Gasteiger partial charge in [0.15, 0.2) is 0 Å². The van der Waals surface area contributed by atoms with Crippen LogP contribution in [0.25, 0.3) is 0 Å². The van der Waals surface area contributed by atoms with Crippen molar-refractivity contribution in [2.75, 3.05) is 6.61 Å². The Morgan fingerprint density at radius 2 is 1.95 bits per heavy atom. The van der Waals surface area contributed by atoms with E-state index in [1.807, 2.05) is 0 Å². The fraction of sp³-hybridized carbons (Fsp3) is 0.500. The average Bonchev–Trinajstić information content (AvgIpc) is 2.38. The topological polar surface area (TPSA) is 92.8 Å². The number of aliphatic hydroxyl groups excluding tert-OH is 1. The predicted octanol–water partition coefficient (Wildman–Crippen LogP) is 1.53. The second kappa shape index (κ2) is 7.11. The first kappa shape index (κ1) is 15.5. The Morgan fingerprint density at radius 1 is 1.32 bits per heavy atom. The summed E-state index contributed by atoms with van der Waals surface area (Å²) in [6, 6.07) is 7.21. The molecule has 1 atom stereocenters. The highest BCUT2D eigenvalue weighted by molar-refractivity contribution is 5.77. The van der Waals surface area contributed by atoms with Crippen molar-refractivity contribution < 1.29 is 19.7 Å². The van der Waals surface area contributed by atoms with Gasteiger partial charge >= 0.3 is 5.97 Å². The number of hydrogen-bond acceptors (Lipinski definition) is 4. The molecule has 0 aliphatic carbocycles. The minimum Gasteiger partial charge on any atom is -0.494 e. The SMILES string of the molecule is CC(N)(CCCCOc1ccc(CO)cc1)C(=O)O. The van der Waals surface area contributed by atoms with Crippen molar-refractivity contribution in [3.63, 3.8) is 0 Å². The highest BCUT2D eigenvalue weighted by Gasteiger charge is 2.26. The minimum absolute atomic E-state index is 0.0184. The van der Waals surface area contributed by atoms with Gasteiger partial charge in [0.2, 0.25) is 0 Å². The number of aliphatic carboxylic acids is 1. The summed E-state index contributed by atoms with van der Waals surface area (Å²) in [7, 11) is 0. The predicted molar refractivity (Wildman–Crippen MR) is 71.9 cm³/mol. The van der Waals surface area contributed by atoms with Crippen LogP contribution in [0.5, 0.6) is 5.75 Å². The first-order chi connectivity index (χ1) is 8.95. The van der Waals surface area contributed by atoms with Crippen molar-refractivity contribution in [1.29, 1.82) is 0 Å². The fourth-order valence-electron chi connectivity index (χ4n) is 1.58. The molecule has 0 radical (unpaired) electrons. The standard InChI is InChI=1S/C14H21NO4/c1-14(15,13(17)18)8-2-3-9-19-12-6-4-11(10-16)5-7-12/h4-7,16H,2-3,8-10,15H2,1H3,(H,17,18). The molecule has 0 aromatic heterocycles. The first-order valence-corrected chi connectivity index (χ1v) is 6.30. The number of carbonyl (C=O) groups is 1. The molecule has 4 N–H and O–H groups in total. The molecular weight excluding hydrogens is 246 g/mol. The molecule has 0 fully saturated rings. The van der Waals surface area contributed by atoms with E-state index >= 15 is 0 Å². The van der Waals surface area contributed by atoms with Crippen LogP contribution in [0.15, 0.2) is 24.3 Å². The second-order valence-electron chi connectivity index (χ2n) is 4.83. The van der Waals surface area contributed by atoms with Crippen LogP contribution in [0, 0.1) is 0 Å². The molecule has 1 rings (SSSR count). The van der Waals surface area contributed by atoms with E-state index in [4.69, 9.17) is 20.7 Å². The van der Waals surface area contributed by atoms with E-state index in [0.717, 1.165) is 17.7 Å². The summed E-state index contributed by atoms with van der Waals surface area (Å²) < 4.78 is 5.51. The molecule has 1 aromatic carbocycles. The summed E-state index contributed by atoms with van der Waals surface area (Å²) in [5.74, 6) is -0.237. The molecule has 0 saturated carbocycles. The summed E-state index contributed by atoms with van der Waals surface area (Å²) in [6.45, 7) is 2.06. The van der Waals surface area contributed by atoms with Gasteiger partial charge in [-0.2, -0.15) is 0 Å². The van der Waals surface area contributed by atoms with E-state index in [0.29, 0.717) is 19.4 Å². The van der Waals surface area contributed by atoms with E-state index in [-0.39, 0.29) is 6.61 Å². The number of aliphatic hydroxyl groups is 1. The number of ether oxygens (including phenoxy) is 1. The van der Waals surface area contributed by atoms with Gasteiger partial charge in [-0.15, -0.1) is 0 Å². The van der Waals surface area contributed by atoms with Crippen LogP contribution in [0.1, 0.15) is 31.7 Å². The zero-order valence-electron chi connectivity index (χ0n) is 11.1. The number of benzene rings is 1. The van der Waals surface area contributed by atoms with Gasteiger partial charge in [0.05, 0.1) is 13.2 Å². The maximum absolute atomic E-state index is 10.8. The van der Waals surface area contributed by atoms with Crippen molar-refractivity contribution >= 4 is 5.97 Å². The van der Waals surface area contributed by atoms with Crippen LogP contribution in [0.3, 0.4) is 0 Å². The third-order valence-corrected chi connectivity index (χ3v) is 2.95. The fourth-order valence-corrected chi connectivity index (χ4v) is 1.58. The van der Waals surface area contributed by atoms with Gasteiger partial charge in [0.1, 0.15) is 11.3 Å². The Hall–Kier alpha value is -1.59. The lowest BCUT2D eigenvalue weighted by atomic mass is 9.97. The molecular formula is C14H21NO4. The van der Waals surface area contributed by atoms with Gasteiger partial charge in [-0.05, 0) is 43.9 Å². The van der Waals surface area contributed by atoms with Crippen LogP contribution in [0.4, 0.5) is 0 Å². The van der Waals surface area contributed by atoms with Crippen molar-refractivity contribution in [2.45, 2.75) is 38.3 Å². The molecule has 0 bridgehead atoms. The van der Waals surface area contributed by atoms with Crippen LogP contribution in [-0.4, -0.2) is 28.3 Å². The number of hydrogen-bond donors (Lipinski definition) is 3. The molecule has 0 aliphatic heterocycles. The van der Waals surface area contributed by atoms with Crippen molar-refractivity contribution in [1.82, 2.24) is 0 Å². The summed E-state index contributed by atoms with van der Waals surface area (Å²) in [6.07, 6.45) is 1.88. The van der Waals surface area contributed by atoms with Crippen LogP contribution in [-0.2, 0) is 11.4 Å². The lowest BCUT2D eigenvalue weighted by Crippen LogP contribution is -2.44. The Bertz CT molecular complexity index is 400. The summed E-state index contributed by atoms with van der Waals surface area (Å²) in [5.41, 5.74) is 5.30. The third-order valence-electron chi connectivity index (χ3n) is 2.95. The Kier molecular flexibility index (Phi) is 5.79. The molecule has 0 amide bonds. The third kappa shape index (κ3) is 5.28. The summed E-state index contributed by atoms with van der Waals surface area (Å²) in [5, 5.41) is 17.7. The molecule has 19 heavy (non-hydrogen) atoms. The first-order valence-electron chi connectivity index (χ1n) is 6.30. The van der Waals surface area contributed by atoms with Gasteiger partial charge < -0.3 is 20.7 Å².